The number of nitrogens with zero attached hydrogens (tertiary/aromatic N) is 5. The molecule has 1 amide bonds. The second kappa shape index (κ2) is 9.45. The lowest BCUT2D eigenvalue weighted by atomic mass is 10.2. The molecule has 0 aromatic carbocycles. The maximum absolute atomic E-state index is 12.1. The molecule has 0 bridgehead atoms. The summed E-state index contributed by atoms with van der Waals surface area (Å²) in [6.07, 6.45) is 1.67. The summed E-state index contributed by atoms with van der Waals surface area (Å²) in [5.74, 6) is 1.62. The fourth-order valence-corrected chi connectivity index (χ4v) is 3.93. The Morgan fingerprint density at radius 3 is 2.88 bits per heavy atom. The van der Waals surface area contributed by atoms with E-state index < -0.39 is 0 Å². The van der Waals surface area contributed by atoms with Gasteiger partial charge < -0.3 is 14.6 Å². The summed E-state index contributed by atoms with van der Waals surface area (Å²) in [7, 11) is 0. The molecule has 10 heteroatoms. The number of thiazole rings is 1. The van der Waals surface area contributed by atoms with Crippen molar-refractivity contribution in [1.29, 1.82) is 0 Å². The first-order valence-corrected chi connectivity index (χ1v) is 10.5. The lowest BCUT2D eigenvalue weighted by Gasteiger charge is -2.26. The van der Waals surface area contributed by atoms with Crippen LogP contribution in [0.2, 0.25) is 0 Å². The molecule has 1 fully saturated rings. The van der Waals surface area contributed by atoms with Gasteiger partial charge in [-0.05, 0) is 5.92 Å². The Labute approximate surface area is 161 Å². The molecular formula is C16H24N6O2S2. The molecule has 0 radical (unpaired) electrons. The molecule has 1 aliphatic rings. The highest BCUT2D eigenvalue weighted by atomic mass is 32.2. The van der Waals surface area contributed by atoms with Gasteiger partial charge in [-0.15, -0.1) is 21.5 Å². The Balaban J connectivity index is 1.62. The summed E-state index contributed by atoms with van der Waals surface area (Å²) in [5.41, 5.74) is 0. The van der Waals surface area contributed by atoms with Gasteiger partial charge >= 0.3 is 0 Å². The van der Waals surface area contributed by atoms with E-state index >= 15 is 0 Å². The van der Waals surface area contributed by atoms with E-state index in [4.69, 9.17) is 4.74 Å². The van der Waals surface area contributed by atoms with Crippen molar-refractivity contribution in [3.63, 3.8) is 0 Å². The number of thioether (sulfide) groups is 1. The molecule has 1 aliphatic heterocycles. The van der Waals surface area contributed by atoms with Crippen LogP contribution in [0.3, 0.4) is 0 Å². The molecule has 0 saturated carbocycles. The summed E-state index contributed by atoms with van der Waals surface area (Å²) in [5, 5.41) is 14.7. The third kappa shape index (κ3) is 5.50. The van der Waals surface area contributed by atoms with Gasteiger partial charge in [0.2, 0.25) is 5.91 Å². The van der Waals surface area contributed by atoms with Crippen molar-refractivity contribution in [1.82, 2.24) is 24.6 Å². The van der Waals surface area contributed by atoms with Gasteiger partial charge in [0, 0.05) is 31.2 Å². The highest BCUT2D eigenvalue weighted by Gasteiger charge is 2.19. The smallest absolute Gasteiger partial charge is 0.236 e. The number of hydrogen-bond donors (Lipinski definition) is 1. The molecule has 0 atom stereocenters. The van der Waals surface area contributed by atoms with Crippen LogP contribution in [-0.4, -0.2) is 62.6 Å². The first-order chi connectivity index (χ1) is 12.6. The number of ether oxygens (including phenoxy) is 1. The number of morpholine rings is 1. The fraction of sp³-hybridized carbons (Fsp3) is 0.625. The predicted octanol–water partition coefficient (Wildman–Crippen LogP) is 1.95. The van der Waals surface area contributed by atoms with Gasteiger partial charge in [-0.25, -0.2) is 4.98 Å². The van der Waals surface area contributed by atoms with E-state index in [-0.39, 0.29) is 11.7 Å². The summed E-state index contributed by atoms with van der Waals surface area (Å²) < 4.78 is 7.55. The zero-order valence-electron chi connectivity index (χ0n) is 15.1. The van der Waals surface area contributed by atoms with Crippen LogP contribution in [0.1, 0.15) is 19.7 Å². The minimum Gasteiger partial charge on any atom is -0.379 e. The summed E-state index contributed by atoms with van der Waals surface area (Å²) >= 11 is 2.82. The van der Waals surface area contributed by atoms with Gasteiger partial charge in [0.1, 0.15) is 5.82 Å². The molecular weight excluding hydrogens is 372 g/mol. The number of carbonyl (C=O) groups is 1. The molecule has 2 aromatic rings. The van der Waals surface area contributed by atoms with Gasteiger partial charge in [0.05, 0.1) is 25.5 Å². The van der Waals surface area contributed by atoms with E-state index in [2.05, 4.69) is 43.8 Å². The molecule has 0 aliphatic carbocycles. The molecule has 26 heavy (non-hydrogen) atoms. The molecule has 3 heterocycles. The molecule has 2 aromatic heterocycles. The molecule has 1 saturated heterocycles. The molecule has 0 unspecified atom stereocenters. The van der Waals surface area contributed by atoms with E-state index in [1.165, 1.54) is 23.1 Å². The number of anilines is 1. The lowest BCUT2D eigenvalue weighted by molar-refractivity contribution is -0.113. The van der Waals surface area contributed by atoms with Crippen LogP contribution in [0.15, 0.2) is 16.7 Å². The largest absolute Gasteiger partial charge is 0.379 e. The van der Waals surface area contributed by atoms with Crippen LogP contribution in [0.5, 0.6) is 0 Å². The minimum atomic E-state index is -0.0845. The maximum Gasteiger partial charge on any atom is 0.236 e. The van der Waals surface area contributed by atoms with Crippen molar-refractivity contribution in [2.75, 3.05) is 37.4 Å². The Morgan fingerprint density at radius 2 is 2.19 bits per heavy atom. The molecule has 8 nitrogen and oxygen atoms in total. The highest BCUT2D eigenvalue weighted by Crippen LogP contribution is 2.20. The number of rotatable bonds is 8. The molecule has 142 valence electrons. The van der Waals surface area contributed by atoms with Crippen molar-refractivity contribution < 1.29 is 9.53 Å². The van der Waals surface area contributed by atoms with E-state index in [1.807, 2.05) is 5.38 Å². The van der Waals surface area contributed by atoms with Crippen molar-refractivity contribution in [3.8, 4) is 0 Å². The topological polar surface area (TPSA) is 85.2 Å². The Bertz CT molecular complexity index is 698. The van der Waals surface area contributed by atoms with Crippen molar-refractivity contribution in [2.24, 2.45) is 5.92 Å². The standard InChI is InChI=1S/C16H24N6O2S2/c1-12(2)9-22-13(10-21-4-6-24-7-5-21)19-20-16(22)26-11-14(23)18-15-17-3-8-25-15/h3,8,12H,4-7,9-11H2,1-2H3,(H,17,18,23). The number of carbonyl (C=O) groups excluding carboxylic acids is 1. The third-order valence-corrected chi connectivity index (χ3v) is 5.48. The third-order valence-electron chi connectivity index (χ3n) is 3.82. The van der Waals surface area contributed by atoms with Gasteiger partial charge in [0.25, 0.3) is 0 Å². The second-order valence-electron chi connectivity index (χ2n) is 6.47. The van der Waals surface area contributed by atoms with Gasteiger partial charge in [-0.3, -0.25) is 9.69 Å². The lowest BCUT2D eigenvalue weighted by Crippen LogP contribution is -2.36. The zero-order valence-corrected chi connectivity index (χ0v) is 16.7. The number of hydrogen-bond acceptors (Lipinski definition) is 8. The molecule has 0 spiro atoms. The first kappa shape index (κ1) is 19.3. The van der Waals surface area contributed by atoms with Crippen LogP contribution < -0.4 is 5.32 Å². The van der Waals surface area contributed by atoms with Gasteiger partial charge in [-0.1, -0.05) is 25.6 Å². The van der Waals surface area contributed by atoms with Crippen molar-refractivity contribution >= 4 is 34.1 Å². The van der Waals surface area contributed by atoms with Gasteiger partial charge in [-0.2, -0.15) is 0 Å². The molecule has 1 N–H and O–H groups in total. The quantitative estimate of drug-likeness (QED) is 0.683. The van der Waals surface area contributed by atoms with Crippen molar-refractivity contribution in [2.45, 2.75) is 32.1 Å². The average Bonchev–Trinajstić information content (AvgIpc) is 3.25. The number of nitrogens with one attached hydrogen (secondary N) is 1. The number of aromatic nitrogens is 4. The van der Waals surface area contributed by atoms with Crippen LogP contribution in [0.4, 0.5) is 5.13 Å². The predicted molar refractivity (Wildman–Crippen MR) is 102 cm³/mol. The van der Waals surface area contributed by atoms with Crippen LogP contribution >= 0.6 is 23.1 Å². The average molecular weight is 397 g/mol. The van der Waals surface area contributed by atoms with E-state index in [0.29, 0.717) is 11.0 Å². The minimum absolute atomic E-state index is 0.0845. The normalized spacial score (nSPS) is 15.5. The first-order valence-electron chi connectivity index (χ1n) is 8.66. The van der Waals surface area contributed by atoms with Crippen molar-refractivity contribution in [3.05, 3.63) is 17.4 Å². The monoisotopic (exact) mass is 396 g/mol. The van der Waals surface area contributed by atoms with E-state index in [1.54, 1.807) is 6.20 Å². The Hall–Kier alpha value is -1.49. The highest BCUT2D eigenvalue weighted by molar-refractivity contribution is 7.99. The summed E-state index contributed by atoms with van der Waals surface area (Å²) in [6.45, 7) is 9.27. The van der Waals surface area contributed by atoms with E-state index in [0.717, 1.165) is 50.4 Å². The SMILES string of the molecule is CC(C)Cn1c(CN2CCOCC2)nnc1SCC(=O)Nc1nccs1. The molecule has 3 rings (SSSR count). The Kier molecular flexibility index (Phi) is 7.00. The fourth-order valence-electron chi connectivity index (χ4n) is 2.62. The Morgan fingerprint density at radius 1 is 1.38 bits per heavy atom. The maximum atomic E-state index is 12.1. The van der Waals surface area contributed by atoms with Crippen LogP contribution in [0, 0.1) is 5.92 Å². The van der Waals surface area contributed by atoms with Gasteiger partial charge in [0.15, 0.2) is 10.3 Å². The van der Waals surface area contributed by atoms with Crippen LogP contribution in [-0.2, 0) is 22.6 Å². The summed E-state index contributed by atoms with van der Waals surface area (Å²) in [6, 6.07) is 0. The zero-order chi connectivity index (χ0) is 18.4. The summed E-state index contributed by atoms with van der Waals surface area (Å²) in [4.78, 5) is 18.5. The second-order valence-corrected chi connectivity index (χ2v) is 8.30. The number of amides is 1. The van der Waals surface area contributed by atoms with Crippen LogP contribution in [0.25, 0.3) is 0 Å². The van der Waals surface area contributed by atoms with E-state index in [9.17, 15) is 4.79 Å².